The van der Waals surface area contributed by atoms with Crippen molar-refractivity contribution in [1.82, 2.24) is 20.2 Å². The number of aromatic nitrogens is 4. The monoisotopic (exact) mass is 277 g/mol. The molecule has 0 aliphatic heterocycles. The highest BCUT2D eigenvalue weighted by atomic mass is 32.1. The van der Waals surface area contributed by atoms with Crippen LogP contribution in [0.2, 0.25) is 0 Å². The fourth-order valence-corrected chi connectivity index (χ4v) is 3.19. The molecule has 0 atom stereocenters. The van der Waals surface area contributed by atoms with Gasteiger partial charge in [0.25, 0.3) is 5.91 Å². The quantitative estimate of drug-likeness (QED) is 0.894. The van der Waals surface area contributed by atoms with Crippen LogP contribution >= 0.6 is 11.3 Å². The second-order valence-electron chi connectivity index (χ2n) is 4.55. The summed E-state index contributed by atoms with van der Waals surface area (Å²) >= 11 is 1.55. The molecule has 0 spiro atoms. The number of H-pyrrole nitrogens is 1. The first-order chi connectivity index (χ1) is 9.26. The Morgan fingerprint density at radius 3 is 3.11 bits per heavy atom. The molecule has 100 valence electrons. The lowest BCUT2D eigenvalue weighted by Crippen LogP contribution is -2.13. The van der Waals surface area contributed by atoms with Crippen LogP contribution in [0.1, 0.15) is 46.8 Å². The van der Waals surface area contributed by atoms with E-state index in [0.717, 1.165) is 37.2 Å². The van der Waals surface area contributed by atoms with E-state index >= 15 is 0 Å². The minimum atomic E-state index is -0.300. The van der Waals surface area contributed by atoms with Gasteiger partial charge in [-0.3, -0.25) is 15.2 Å². The van der Waals surface area contributed by atoms with Gasteiger partial charge in [-0.1, -0.05) is 6.92 Å². The van der Waals surface area contributed by atoms with E-state index in [-0.39, 0.29) is 11.7 Å². The van der Waals surface area contributed by atoms with Gasteiger partial charge in [-0.2, -0.15) is 0 Å². The number of nitrogens with one attached hydrogen (secondary N) is 2. The Morgan fingerprint density at radius 2 is 2.32 bits per heavy atom. The molecule has 7 heteroatoms. The Morgan fingerprint density at radius 1 is 1.42 bits per heavy atom. The summed E-state index contributed by atoms with van der Waals surface area (Å²) in [6.07, 6.45) is 5.03. The Hall–Kier alpha value is -1.76. The van der Waals surface area contributed by atoms with Gasteiger partial charge in [0.1, 0.15) is 5.82 Å². The molecule has 1 aliphatic carbocycles. The van der Waals surface area contributed by atoms with Crippen molar-refractivity contribution in [3.05, 3.63) is 22.2 Å². The molecule has 2 N–H and O–H groups in total. The van der Waals surface area contributed by atoms with Crippen LogP contribution in [-0.4, -0.2) is 26.1 Å². The van der Waals surface area contributed by atoms with Crippen LogP contribution in [0.4, 0.5) is 5.13 Å². The van der Waals surface area contributed by atoms with Crippen molar-refractivity contribution in [2.75, 3.05) is 5.32 Å². The first-order valence-electron chi connectivity index (χ1n) is 6.47. The lowest BCUT2D eigenvalue weighted by Gasteiger charge is -1.96. The average molecular weight is 277 g/mol. The van der Waals surface area contributed by atoms with Gasteiger partial charge in [0, 0.05) is 11.3 Å². The molecular weight excluding hydrogens is 262 g/mol. The van der Waals surface area contributed by atoms with E-state index in [1.807, 2.05) is 0 Å². The second kappa shape index (κ2) is 5.08. The third-order valence-electron chi connectivity index (χ3n) is 3.04. The number of fused-ring (bicyclic) bond motifs is 1. The van der Waals surface area contributed by atoms with Crippen LogP contribution < -0.4 is 5.32 Å². The van der Waals surface area contributed by atoms with Gasteiger partial charge in [-0.15, -0.1) is 16.4 Å². The van der Waals surface area contributed by atoms with E-state index in [9.17, 15) is 4.79 Å². The fourth-order valence-electron chi connectivity index (χ4n) is 2.14. The van der Waals surface area contributed by atoms with Gasteiger partial charge >= 0.3 is 0 Å². The highest BCUT2D eigenvalue weighted by molar-refractivity contribution is 7.15. The normalized spacial score (nSPS) is 13.5. The van der Waals surface area contributed by atoms with Crippen LogP contribution in [-0.2, 0) is 19.3 Å². The van der Waals surface area contributed by atoms with Crippen LogP contribution in [0.5, 0.6) is 0 Å². The zero-order valence-corrected chi connectivity index (χ0v) is 11.5. The van der Waals surface area contributed by atoms with Crippen molar-refractivity contribution in [3.8, 4) is 0 Å². The predicted molar refractivity (Wildman–Crippen MR) is 72.5 cm³/mol. The van der Waals surface area contributed by atoms with E-state index in [2.05, 4.69) is 32.4 Å². The summed E-state index contributed by atoms with van der Waals surface area (Å²) in [5, 5.41) is 10.1. The molecule has 2 heterocycles. The first-order valence-corrected chi connectivity index (χ1v) is 7.29. The molecule has 3 rings (SSSR count). The summed E-state index contributed by atoms with van der Waals surface area (Å²) in [4.78, 5) is 21.8. The lowest BCUT2D eigenvalue weighted by molar-refractivity contribution is 0.101. The Bertz CT molecular complexity index is 582. The first kappa shape index (κ1) is 12.3. The highest BCUT2D eigenvalue weighted by Gasteiger charge is 2.19. The van der Waals surface area contributed by atoms with Gasteiger partial charge in [0.05, 0.1) is 5.69 Å². The summed E-state index contributed by atoms with van der Waals surface area (Å²) in [7, 11) is 0. The minimum absolute atomic E-state index is 0.179. The number of rotatable bonds is 4. The molecule has 0 radical (unpaired) electrons. The van der Waals surface area contributed by atoms with Gasteiger partial charge in [0.15, 0.2) is 5.13 Å². The standard InChI is InChI=1S/C12H15N5OS/c1-2-4-9-14-10(17-16-9)11(18)15-12-13-7-5-3-6-8(7)19-12/h2-6H2,1H3,(H,13,15,18)(H,14,16,17). The van der Waals surface area contributed by atoms with Gasteiger partial charge < -0.3 is 0 Å². The third kappa shape index (κ3) is 2.51. The minimum Gasteiger partial charge on any atom is -0.295 e. The van der Waals surface area contributed by atoms with E-state index in [1.54, 1.807) is 11.3 Å². The summed E-state index contributed by atoms with van der Waals surface area (Å²) in [5.74, 6) is 0.624. The molecule has 6 nitrogen and oxygen atoms in total. The average Bonchev–Trinajstić information content (AvgIpc) is 3.03. The van der Waals surface area contributed by atoms with Crippen molar-refractivity contribution in [2.24, 2.45) is 0 Å². The van der Waals surface area contributed by atoms with Crippen molar-refractivity contribution < 1.29 is 4.79 Å². The largest absolute Gasteiger partial charge is 0.297 e. The smallest absolute Gasteiger partial charge is 0.295 e. The maximum absolute atomic E-state index is 12.0. The van der Waals surface area contributed by atoms with Crippen molar-refractivity contribution in [2.45, 2.75) is 39.0 Å². The number of nitrogens with zero attached hydrogens (tertiary/aromatic N) is 3. The van der Waals surface area contributed by atoms with Crippen molar-refractivity contribution >= 4 is 22.4 Å². The van der Waals surface area contributed by atoms with Gasteiger partial charge in [-0.25, -0.2) is 9.97 Å². The summed E-state index contributed by atoms with van der Waals surface area (Å²) in [5.41, 5.74) is 1.13. The number of hydrogen-bond donors (Lipinski definition) is 2. The van der Waals surface area contributed by atoms with Crippen LogP contribution in [0.25, 0.3) is 0 Å². The molecule has 1 aliphatic rings. The molecule has 1 amide bonds. The maximum Gasteiger partial charge on any atom is 0.297 e. The Kier molecular flexibility index (Phi) is 3.29. The zero-order chi connectivity index (χ0) is 13.2. The van der Waals surface area contributed by atoms with E-state index in [0.29, 0.717) is 5.13 Å². The Labute approximate surface area is 114 Å². The van der Waals surface area contributed by atoms with Gasteiger partial charge in [0.2, 0.25) is 5.82 Å². The number of thiazole rings is 1. The van der Waals surface area contributed by atoms with Crippen molar-refractivity contribution in [3.63, 3.8) is 0 Å². The highest BCUT2D eigenvalue weighted by Crippen LogP contribution is 2.30. The Balaban J connectivity index is 1.69. The molecule has 19 heavy (non-hydrogen) atoms. The fraction of sp³-hybridized carbons (Fsp3) is 0.500. The molecule has 2 aromatic heterocycles. The number of aryl methyl sites for hydroxylation is 3. The number of hydrogen-bond acceptors (Lipinski definition) is 5. The molecular formula is C12H15N5OS. The number of aromatic amines is 1. The van der Waals surface area contributed by atoms with E-state index in [1.165, 1.54) is 11.3 Å². The number of amides is 1. The SMILES string of the molecule is CCCc1nc(C(=O)Nc2nc3c(s2)CCC3)n[nH]1. The topological polar surface area (TPSA) is 83.6 Å². The molecule has 0 fully saturated rings. The zero-order valence-electron chi connectivity index (χ0n) is 10.7. The van der Waals surface area contributed by atoms with E-state index in [4.69, 9.17) is 0 Å². The third-order valence-corrected chi connectivity index (χ3v) is 4.11. The van der Waals surface area contributed by atoms with Crippen LogP contribution in [0.15, 0.2) is 0 Å². The summed E-state index contributed by atoms with van der Waals surface area (Å²) < 4.78 is 0. The number of carbonyl (C=O) groups is 1. The predicted octanol–water partition coefficient (Wildman–Crippen LogP) is 1.95. The molecule has 2 aromatic rings. The molecule has 0 aromatic carbocycles. The second-order valence-corrected chi connectivity index (χ2v) is 5.64. The molecule has 0 bridgehead atoms. The van der Waals surface area contributed by atoms with E-state index < -0.39 is 0 Å². The van der Waals surface area contributed by atoms with Gasteiger partial charge in [-0.05, 0) is 25.7 Å². The van der Waals surface area contributed by atoms with Crippen LogP contribution in [0, 0.1) is 0 Å². The molecule has 0 saturated carbocycles. The maximum atomic E-state index is 12.0. The van der Waals surface area contributed by atoms with Crippen LogP contribution in [0.3, 0.4) is 0 Å². The number of anilines is 1. The van der Waals surface area contributed by atoms with Crippen molar-refractivity contribution in [1.29, 1.82) is 0 Å². The summed E-state index contributed by atoms with van der Waals surface area (Å²) in [6.45, 7) is 2.05. The summed E-state index contributed by atoms with van der Waals surface area (Å²) in [6, 6.07) is 0. The molecule has 0 saturated heterocycles. The lowest BCUT2D eigenvalue weighted by atomic mass is 10.3. The number of carbonyl (C=O) groups excluding carboxylic acids is 1. The molecule has 0 unspecified atom stereocenters.